The van der Waals surface area contributed by atoms with Gasteiger partial charge < -0.3 is 4.74 Å². The molecule has 0 saturated carbocycles. The van der Waals surface area contributed by atoms with Crippen molar-refractivity contribution in [3.8, 4) is 5.75 Å². The molecule has 3 nitrogen and oxygen atoms in total. The molecule has 1 aliphatic carbocycles. The van der Waals surface area contributed by atoms with E-state index < -0.39 is 6.36 Å². The van der Waals surface area contributed by atoms with Gasteiger partial charge in [-0.1, -0.05) is 6.07 Å². The lowest BCUT2D eigenvalue weighted by atomic mass is 10.0. The molecule has 0 unspecified atom stereocenters. The average molecular weight is 307 g/mol. The Morgan fingerprint density at radius 1 is 1.27 bits per heavy atom. The van der Waals surface area contributed by atoms with Gasteiger partial charge in [-0.2, -0.15) is 0 Å². The first-order chi connectivity index (χ1) is 10.3. The summed E-state index contributed by atoms with van der Waals surface area (Å²) in [7, 11) is 0. The number of alkyl halides is 3. The monoisotopic (exact) mass is 307 g/mol. The Morgan fingerprint density at radius 3 is 2.68 bits per heavy atom. The number of allylic oxidation sites excluding steroid dienone is 3. The fourth-order valence-corrected chi connectivity index (χ4v) is 2.56. The summed E-state index contributed by atoms with van der Waals surface area (Å²) in [5.41, 5.74) is 3.39. The topological polar surface area (TPSA) is 38.7 Å². The van der Waals surface area contributed by atoms with Crippen LogP contribution in [-0.2, 0) is 11.2 Å². The molecule has 0 bridgehead atoms. The number of aliphatic imine (C=N–C) groups is 1. The zero-order valence-electron chi connectivity index (χ0n) is 11.7. The number of ether oxygens (including phenoxy) is 1. The highest BCUT2D eigenvalue weighted by Gasteiger charge is 2.32. The lowest BCUT2D eigenvalue weighted by Crippen LogP contribution is -2.17. The molecular weight excluding hydrogens is 295 g/mol. The van der Waals surface area contributed by atoms with Gasteiger partial charge in [-0.3, -0.25) is 9.79 Å². The average Bonchev–Trinajstić information content (AvgIpc) is 2.93. The highest BCUT2D eigenvalue weighted by atomic mass is 19.4. The number of carbonyl (C=O) groups is 1. The van der Waals surface area contributed by atoms with Crippen LogP contribution in [0.15, 0.2) is 41.0 Å². The van der Waals surface area contributed by atoms with E-state index in [0.29, 0.717) is 23.1 Å². The van der Waals surface area contributed by atoms with E-state index in [1.165, 1.54) is 18.2 Å². The van der Waals surface area contributed by atoms with E-state index in [9.17, 15) is 18.0 Å². The largest absolute Gasteiger partial charge is 0.573 e. The highest BCUT2D eigenvalue weighted by Crippen LogP contribution is 2.34. The van der Waals surface area contributed by atoms with Crippen molar-refractivity contribution < 1.29 is 22.7 Å². The third-order valence-electron chi connectivity index (χ3n) is 3.48. The third kappa shape index (κ3) is 2.95. The van der Waals surface area contributed by atoms with E-state index in [-0.39, 0.29) is 18.0 Å². The molecule has 22 heavy (non-hydrogen) atoms. The second kappa shape index (κ2) is 5.12. The maximum Gasteiger partial charge on any atom is 0.573 e. The first-order valence-electron chi connectivity index (χ1n) is 6.68. The number of hydrogen-bond acceptors (Lipinski definition) is 3. The minimum Gasteiger partial charge on any atom is -0.406 e. The number of nitrogens with zero attached hydrogens (tertiary/aromatic N) is 1. The Bertz CT molecular complexity index is 742. The number of benzene rings is 1. The summed E-state index contributed by atoms with van der Waals surface area (Å²) in [4.78, 5) is 16.3. The molecule has 6 heteroatoms. The van der Waals surface area contributed by atoms with E-state index in [1.54, 1.807) is 12.3 Å². The molecule has 1 heterocycles. The summed E-state index contributed by atoms with van der Waals surface area (Å²) in [6.45, 7) is 1.93. The predicted octanol–water partition coefficient (Wildman–Crippen LogP) is 3.84. The molecule has 0 atom stereocenters. The lowest BCUT2D eigenvalue weighted by molar-refractivity contribution is -0.274. The van der Waals surface area contributed by atoms with Crippen LogP contribution >= 0.6 is 0 Å². The maximum atomic E-state index is 12.3. The van der Waals surface area contributed by atoms with Crippen LogP contribution in [0, 0.1) is 0 Å². The smallest absolute Gasteiger partial charge is 0.406 e. The Labute approximate surface area is 124 Å². The van der Waals surface area contributed by atoms with Crippen molar-refractivity contribution in [2.24, 2.45) is 4.99 Å². The van der Waals surface area contributed by atoms with E-state index in [0.717, 1.165) is 11.3 Å². The van der Waals surface area contributed by atoms with Crippen LogP contribution in [0.3, 0.4) is 0 Å². The Balaban J connectivity index is 1.94. The molecule has 0 fully saturated rings. The Kier molecular flexibility index (Phi) is 3.39. The number of rotatable bonds is 2. The molecule has 0 radical (unpaired) electrons. The summed E-state index contributed by atoms with van der Waals surface area (Å²) in [6.07, 6.45) is -0.552. The molecule has 0 spiro atoms. The minimum atomic E-state index is -4.75. The minimum absolute atomic E-state index is 0.119. The van der Waals surface area contributed by atoms with E-state index in [4.69, 9.17) is 0 Å². The van der Waals surface area contributed by atoms with Gasteiger partial charge in [0.2, 0.25) is 0 Å². The van der Waals surface area contributed by atoms with Crippen molar-refractivity contribution in [3.05, 3.63) is 47.2 Å². The molecule has 114 valence electrons. The summed E-state index contributed by atoms with van der Waals surface area (Å²) in [6, 6.07) is 3.98. The van der Waals surface area contributed by atoms with Crippen LogP contribution in [0.25, 0.3) is 5.57 Å². The fourth-order valence-electron chi connectivity index (χ4n) is 2.56. The third-order valence-corrected chi connectivity index (χ3v) is 3.48. The predicted molar refractivity (Wildman–Crippen MR) is 75.6 cm³/mol. The number of fused-ring (bicyclic) bond motifs is 1. The van der Waals surface area contributed by atoms with Crippen molar-refractivity contribution >= 4 is 17.1 Å². The van der Waals surface area contributed by atoms with Gasteiger partial charge in [-0.15, -0.1) is 13.2 Å². The van der Waals surface area contributed by atoms with E-state index in [1.807, 2.05) is 6.92 Å². The molecule has 0 amide bonds. The van der Waals surface area contributed by atoms with Crippen LogP contribution in [0.5, 0.6) is 5.75 Å². The molecule has 1 aliphatic heterocycles. The van der Waals surface area contributed by atoms with Gasteiger partial charge in [0, 0.05) is 30.3 Å². The molecule has 0 saturated heterocycles. The van der Waals surface area contributed by atoms with Crippen molar-refractivity contribution in [2.75, 3.05) is 0 Å². The zero-order chi connectivity index (χ0) is 15.9. The number of halogens is 3. The van der Waals surface area contributed by atoms with Crippen LogP contribution in [0.1, 0.15) is 24.5 Å². The normalized spacial score (nSPS) is 19.3. The van der Waals surface area contributed by atoms with Crippen LogP contribution in [0.2, 0.25) is 0 Å². The van der Waals surface area contributed by atoms with Gasteiger partial charge in [0.15, 0.2) is 5.78 Å². The molecule has 2 aliphatic rings. The zero-order valence-corrected chi connectivity index (χ0v) is 11.7. The standard InChI is InChI=1S/C16H12F3NO2/c1-9-4-11(20-8-9)6-14-13-7-12(22-16(17,18)19)3-2-10(13)5-15(14)21/h2-3,6-8H,4-5H2,1H3/b14-6-. The Morgan fingerprint density at radius 2 is 2.05 bits per heavy atom. The summed E-state index contributed by atoms with van der Waals surface area (Å²) in [5.74, 6) is -0.444. The molecule has 0 aromatic heterocycles. The molecule has 1 aromatic carbocycles. The van der Waals surface area contributed by atoms with E-state index in [2.05, 4.69) is 9.73 Å². The summed E-state index contributed by atoms with van der Waals surface area (Å²) in [5, 5.41) is 0. The molecule has 3 rings (SSSR count). The first kappa shape index (κ1) is 14.6. The number of hydrogen-bond donors (Lipinski definition) is 0. The quantitative estimate of drug-likeness (QED) is 0.779. The van der Waals surface area contributed by atoms with Crippen molar-refractivity contribution in [3.63, 3.8) is 0 Å². The van der Waals surface area contributed by atoms with Gasteiger partial charge >= 0.3 is 6.36 Å². The van der Waals surface area contributed by atoms with Gasteiger partial charge in [-0.25, -0.2) is 0 Å². The van der Waals surface area contributed by atoms with Gasteiger partial charge in [0.25, 0.3) is 0 Å². The second-order valence-electron chi connectivity index (χ2n) is 5.30. The SMILES string of the molecule is CC1=CN=C(/C=C2\C(=O)Cc3ccc(OC(F)(F)F)cc32)C1. The van der Waals surface area contributed by atoms with Gasteiger partial charge in [0.1, 0.15) is 5.75 Å². The number of Topliss-reactive ketones (excluding diaryl/α,β-unsaturated/α-hetero) is 1. The lowest BCUT2D eigenvalue weighted by Gasteiger charge is -2.10. The first-order valence-corrected chi connectivity index (χ1v) is 6.68. The molecular formula is C16H12F3NO2. The summed E-state index contributed by atoms with van der Waals surface area (Å²) < 4.78 is 40.8. The van der Waals surface area contributed by atoms with Crippen LogP contribution < -0.4 is 4.74 Å². The molecule has 1 aromatic rings. The van der Waals surface area contributed by atoms with Crippen LogP contribution in [-0.4, -0.2) is 17.9 Å². The van der Waals surface area contributed by atoms with Gasteiger partial charge in [-0.05, 0) is 41.8 Å². The molecule has 0 N–H and O–H groups in total. The van der Waals surface area contributed by atoms with E-state index >= 15 is 0 Å². The van der Waals surface area contributed by atoms with Crippen molar-refractivity contribution in [1.29, 1.82) is 0 Å². The number of ketones is 1. The van der Waals surface area contributed by atoms with Crippen molar-refractivity contribution in [2.45, 2.75) is 26.1 Å². The fraction of sp³-hybridized carbons (Fsp3) is 0.250. The van der Waals surface area contributed by atoms with Crippen LogP contribution in [0.4, 0.5) is 13.2 Å². The highest BCUT2D eigenvalue weighted by molar-refractivity contribution is 6.29. The second-order valence-corrected chi connectivity index (χ2v) is 5.30. The van der Waals surface area contributed by atoms with Gasteiger partial charge in [0.05, 0.1) is 0 Å². The number of carbonyl (C=O) groups excluding carboxylic acids is 1. The van der Waals surface area contributed by atoms with Crippen molar-refractivity contribution in [1.82, 2.24) is 0 Å². The Hall–Kier alpha value is -2.37. The summed E-state index contributed by atoms with van der Waals surface area (Å²) >= 11 is 0. The maximum absolute atomic E-state index is 12.3.